The van der Waals surface area contributed by atoms with Crippen LogP contribution in [0.25, 0.3) is 22.6 Å². The molecule has 0 fully saturated rings. The Morgan fingerprint density at radius 2 is 2.03 bits per heavy atom. The van der Waals surface area contributed by atoms with Gasteiger partial charge < -0.3 is 9.67 Å². The van der Waals surface area contributed by atoms with E-state index in [4.69, 9.17) is 4.98 Å². The van der Waals surface area contributed by atoms with Crippen molar-refractivity contribution in [3.63, 3.8) is 0 Å². The van der Waals surface area contributed by atoms with Crippen molar-refractivity contribution in [2.45, 2.75) is 50.1 Å². The molecule has 1 aliphatic rings. The minimum atomic E-state index is -0.972. The van der Waals surface area contributed by atoms with Gasteiger partial charge in [-0.15, -0.1) is 10.2 Å². The van der Waals surface area contributed by atoms with Crippen molar-refractivity contribution in [1.82, 2.24) is 19.7 Å². The van der Waals surface area contributed by atoms with Crippen molar-refractivity contribution >= 4 is 46.0 Å². The number of nitrogens with zero attached hydrogens (tertiary/aromatic N) is 5. The number of aryl methyl sites for hydroxylation is 1. The van der Waals surface area contributed by atoms with Gasteiger partial charge in [-0.3, -0.25) is 10.1 Å². The fraction of sp³-hybridized carbons (Fsp3) is 0.310. The summed E-state index contributed by atoms with van der Waals surface area (Å²) in [7, 11) is 1.78. The molecular weight excluding hydrogens is 514 g/mol. The first kappa shape index (κ1) is 26.6. The van der Waals surface area contributed by atoms with Crippen LogP contribution in [0, 0.1) is 21.4 Å². The molecule has 2 aromatic carbocycles. The highest BCUT2D eigenvalue weighted by Gasteiger charge is 2.36. The largest absolute Gasteiger partial charge is 0.478 e. The van der Waals surface area contributed by atoms with Gasteiger partial charge in [0.05, 0.1) is 26.6 Å². The summed E-state index contributed by atoms with van der Waals surface area (Å²) < 4.78 is 1.70. The minimum Gasteiger partial charge on any atom is -0.478 e. The molecule has 0 unspecified atom stereocenters. The molecule has 4 aromatic rings. The van der Waals surface area contributed by atoms with Gasteiger partial charge >= 0.3 is 5.97 Å². The predicted molar refractivity (Wildman–Crippen MR) is 151 cm³/mol. The van der Waals surface area contributed by atoms with E-state index in [0.717, 1.165) is 17.6 Å². The van der Waals surface area contributed by atoms with E-state index >= 15 is 0 Å². The number of para-hydroxylation sites is 1. The van der Waals surface area contributed by atoms with Crippen molar-refractivity contribution in [2.24, 2.45) is 18.4 Å². The van der Waals surface area contributed by atoms with Gasteiger partial charge in [-0.25, -0.2) is 9.78 Å². The van der Waals surface area contributed by atoms with Gasteiger partial charge in [-0.2, -0.15) is 0 Å². The molecule has 5 rings (SSSR count). The van der Waals surface area contributed by atoms with Gasteiger partial charge in [0.1, 0.15) is 6.33 Å². The monoisotopic (exact) mass is 543 g/mol. The zero-order valence-electron chi connectivity index (χ0n) is 22.2. The van der Waals surface area contributed by atoms with Crippen LogP contribution < -0.4 is 0 Å². The number of aromatic nitrogens is 4. The lowest BCUT2D eigenvalue weighted by Gasteiger charge is -2.38. The van der Waals surface area contributed by atoms with E-state index in [2.05, 4.69) is 31.0 Å². The van der Waals surface area contributed by atoms with Crippen molar-refractivity contribution in [3.8, 4) is 0 Å². The van der Waals surface area contributed by atoms with Crippen LogP contribution in [0.5, 0.6) is 0 Å². The molecule has 1 aliphatic carbocycles. The maximum atomic E-state index is 12.6. The summed E-state index contributed by atoms with van der Waals surface area (Å²) in [6.07, 6.45) is 5.71. The SMILES string of the molecule is CCC(C)(C)[C@H]1C/C(=C/c2ccc(Sc3nncn3C)c([N+](=O)[O-])c2)c2nc3ccccc3c(C(=O)O)c2C1. The van der Waals surface area contributed by atoms with Crippen LogP contribution in [-0.2, 0) is 13.5 Å². The number of carboxylic acid groups (broad SMARTS) is 1. The number of nitro groups is 1. The van der Waals surface area contributed by atoms with Crippen molar-refractivity contribution in [2.75, 3.05) is 0 Å². The minimum absolute atomic E-state index is 0.0310. The Morgan fingerprint density at radius 1 is 1.26 bits per heavy atom. The molecule has 9 nitrogen and oxygen atoms in total. The van der Waals surface area contributed by atoms with Crippen LogP contribution in [-0.4, -0.2) is 35.7 Å². The highest BCUT2D eigenvalue weighted by atomic mass is 32.2. The molecule has 2 heterocycles. The van der Waals surface area contributed by atoms with E-state index in [1.807, 2.05) is 30.3 Å². The second-order valence-electron chi connectivity index (χ2n) is 10.6. The molecule has 0 bridgehead atoms. The van der Waals surface area contributed by atoms with Crippen LogP contribution in [0.15, 0.2) is 58.8 Å². The lowest BCUT2D eigenvalue weighted by Crippen LogP contribution is -2.30. The van der Waals surface area contributed by atoms with Gasteiger partial charge in [0.25, 0.3) is 5.69 Å². The number of hydrogen-bond acceptors (Lipinski definition) is 7. The lowest BCUT2D eigenvalue weighted by molar-refractivity contribution is -0.387. The topological polar surface area (TPSA) is 124 Å². The number of rotatable bonds is 7. The van der Waals surface area contributed by atoms with E-state index < -0.39 is 10.9 Å². The van der Waals surface area contributed by atoms with Gasteiger partial charge in [0, 0.05) is 18.5 Å². The van der Waals surface area contributed by atoms with Crippen molar-refractivity contribution in [1.29, 1.82) is 0 Å². The van der Waals surface area contributed by atoms with Crippen molar-refractivity contribution < 1.29 is 14.8 Å². The fourth-order valence-electron chi connectivity index (χ4n) is 5.13. The Balaban J connectivity index is 1.67. The molecule has 0 saturated carbocycles. The Bertz CT molecular complexity index is 1640. The summed E-state index contributed by atoms with van der Waals surface area (Å²) in [5, 5.41) is 31.3. The van der Waals surface area contributed by atoms with Crippen molar-refractivity contribution in [3.05, 3.63) is 81.3 Å². The summed E-state index contributed by atoms with van der Waals surface area (Å²) in [4.78, 5) is 29.6. The Hall–Kier alpha value is -4.05. The lowest BCUT2D eigenvalue weighted by atomic mass is 9.67. The standard InChI is InChI=1S/C29H29N5O4S/c1-5-29(2,3)19-14-18(26-21(15-19)25(27(35)36)20-8-6-7-9-22(20)31-26)12-17-10-11-24(23(13-17)34(37)38)39-28-32-30-16-33(28)4/h6-13,16,19H,5,14-15H2,1-4H3,(H,35,36)/b18-12-/t19-/m0/s1. The Kier molecular flexibility index (Phi) is 6.98. The van der Waals surface area contributed by atoms with E-state index in [-0.39, 0.29) is 17.0 Å². The number of carboxylic acids is 1. The average molecular weight is 544 g/mol. The smallest absolute Gasteiger partial charge is 0.336 e. The molecule has 0 spiro atoms. The Morgan fingerprint density at radius 3 is 2.69 bits per heavy atom. The van der Waals surface area contributed by atoms with Crippen LogP contribution in [0.3, 0.4) is 0 Å². The normalized spacial score (nSPS) is 16.4. The van der Waals surface area contributed by atoms with Gasteiger partial charge in [0.15, 0.2) is 5.16 Å². The first-order valence-corrected chi connectivity index (χ1v) is 13.6. The maximum absolute atomic E-state index is 12.6. The van der Waals surface area contributed by atoms with E-state index in [1.165, 1.54) is 11.8 Å². The molecule has 0 radical (unpaired) electrons. The molecule has 0 saturated heterocycles. The average Bonchev–Trinajstić information content (AvgIpc) is 3.31. The molecular formula is C29H29N5O4S. The first-order chi connectivity index (χ1) is 18.6. The molecule has 10 heteroatoms. The van der Waals surface area contributed by atoms with Gasteiger partial charge in [-0.05, 0) is 70.8 Å². The zero-order chi connectivity index (χ0) is 27.9. The van der Waals surface area contributed by atoms with E-state index in [1.54, 1.807) is 36.1 Å². The second kappa shape index (κ2) is 10.3. The molecule has 39 heavy (non-hydrogen) atoms. The number of hydrogen-bond donors (Lipinski definition) is 1. The molecule has 1 N–H and O–H groups in total. The number of nitro benzene ring substituents is 1. The third-order valence-corrected chi connectivity index (χ3v) is 8.95. The highest BCUT2D eigenvalue weighted by Crippen LogP contribution is 2.46. The summed E-state index contributed by atoms with van der Waals surface area (Å²) in [5.74, 6) is -0.789. The van der Waals surface area contributed by atoms with Crippen LogP contribution >= 0.6 is 11.8 Å². The highest BCUT2D eigenvalue weighted by molar-refractivity contribution is 7.99. The first-order valence-electron chi connectivity index (χ1n) is 12.7. The molecule has 0 amide bonds. The summed E-state index contributed by atoms with van der Waals surface area (Å²) in [6.45, 7) is 6.56. The number of pyridine rings is 1. The molecule has 2 aromatic heterocycles. The summed E-state index contributed by atoms with van der Waals surface area (Å²) >= 11 is 1.18. The third kappa shape index (κ3) is 5.04. The predicted octanol–water partition coefficient (Wildman–Crippen LogP) is 6.66. The quantitative estimate of drug-likeness (QED) is 0.203. The number of fused-ring (bicyclic) bond motifs is 2. The fourth-order valence-corrected chi connectivity index (χ4v) is 5.98. The van der Waals surface area contributed by atoms with Crippen LogP contribution in [0.2, 0.25) is 0 Å². The Labute approximate surface area is 230 Å². The summed E-state index contributed by atoms with van der Waals surface area (Å²) in [6, 6.07) is 12.4. The third-order valence-electron chi connectivity index (χ3n) is 7.84. The number of carbonyl (C=O) groups is 1. The van der Waals surface area contributed by atoms with Gasteiger partial charge in [0.2, 0.25) is 0 Å². The van der Waals surface area contributed by atoms with Gasteiger partial charge in [-0.1, -0.05) is 51.5 Å². The van der Waals surface area contributed by atoms with E-state index in [9.17, 15) is 20.0 Å². The summed E-state index contributed by atoms with van der Waals surface area (Å²) in [5.41, 5.74) is 3.78. The molecule has 200 valence electrons. The number of allylic oxidation sites excluding steroid dienone is 1. The van der Waals surface area contributed by atoms with Crippen LogP contribution in [0.1, 0.15) is 60.8 Å². The van der Waals surface area contributed by atoms with E-state index in [0.29, 0.717) is 50.6 Å². The number of aromatic carboxylic acids is 1. The van der Waals surface area contributed by atoms with Crippen LogP contribution in [0.4, 0.5) is 5.69 Å². The zero-order valence-corrected chi connectivity index (χ0v) is 23.0. The molecule has 1 atom stereocenters. The molecule has 0 aliphatic heterocycles. The second-order valence-corrected chi connectivity index (χ2v) is 11.6. The number of benzene rings is 2. The maximum Gasteiger partial charge on any atom is 0.336 e.